The van der Waals surface area contributed by atoms with E-state index < -0.39 is 0 Å². The van der Waals surface area contributed by atoms with E-state index in [1.807, 2.05) is 24.3 Å². The van der Waals surface area contributed by atoms with Crippen molar-refractivity contribution in [3.63, 3.8) is 0 Å². The van der Waals surface area contributed by atoms with Gasteiger partial charge in [0.25, 0.3) is 0 Å². The molecule has 2 aromatic carbocycles. The number of anilines is 1. The molecule has 0 heterocycles. The minimum Gasteiger partial charge on any atom is -0.481 e. The van der Waals surface area contributed by atoms with Crippen LogP contribution in [0.2, 0.25) is 0 Å². The summed E-state index contributed by atoms with van der Waals surface area (Å²) in [6, 6.07) is 12.1. The van der Waals surface area contributed by atoms with E-state index in [0.29, 0.717) is 12.2 Å². The topological polar surface area (TPSA) is 21.3 Å². The summed E-state index contributed by atoms with van der Waals surface area (Å²) in [5.41, 5.74) is 1.65. The molecule has 0 aromatic heterocycles. The Balaban J connectivity index is 2.11. The van der Waals surface area contributed by atoms with Gasteiger partial charge in [-0.05, 0) is 40.2 Å². The summed E-state index contributed by atoms with van der Waals surface area (Å²) < 4.78 is 19.5. The number of rotatable bonds is 5. The van der Waals surface area contributed by atoms with E-state index in [0.717, 1.165) is 15.8 Å². The Morgan fingerprint density at radius 3 is 2.85 bits per heavy atom. The zero-order valence-electron chi connectivity index (χ0n) is 10.7. The lowest BCUT2D eigenvalue weighted by Crippen LogP contribution is -2.04. The molecule has 0 saturated carbocycles. The Morgan fingerprint density at radius 2 is 2.05 bits per heavy atom. The van der Waals surface area contributed by atoms with Crippen molar-refractivity contribution < 1.29 is 9.13 Å². The van der Waals surface area contributed by atoms with Crippen LogP contribution < -0.4 is 10.1 Å². The molecule has 2 aromatic rings. The molecular weight excluding hydrogens is 321 g/mol. The van der Waals surface area contributed by atoms with Crippen LogP contribution in [0, 0.1) is 18.2 Å². The van der Waals surface area contributed by atoms with Gasteiger partial charge in [-0.2, -0.15) is 0 Å². The largest absolute Gasteiger partial charge is 0.481 e. The summed E-state index contributed by atoms with van der Waals surface area (Å²) in [4.78, 5) is 0. The molecule has 20 heavy (non-hydrogen) atoms. The van der Waals surface area contributed by atoms with Gasteiger partial charge < -0.3 is 10.1 Å². The first-order valence-electron chi connectivity index (χ1n) is 6.04. The first-order valence-corrected chi connectivity index (χ1v) is 6.83. The summed E-state index contributed by atoms with van der Waals surface area (Å²) in [7, 11) is 0. The lowest BCUT2D eigenvalue weighted by atomic mass is 10.2. The Labute approximate surface area is 126 Å². The highest BCUT2D eigenvalue weighted by Gasteiger charge is 2.05. The number of hydrogen-bond acceptors (Lipinski definition) is 2. The van der Waals surface area contributed by atoms with Gasteiger partial charge in [-0.3, -0.25) is 0 Å². The molecule has 2 rings (SSSR count). The predicted molar refractivity (Wildman–Crippen MR) is 82.2 cm³/mol. The van der Waals surface area contributed by atoms with Gasteiger partial charge >= 0.3 is 0 Å². The van der Waals surface area contributed by atoms with E-state index in [1.165, 1.54) is 12.1 Å². The minimum atomic E-state index is -0.285. The molecule has 2 nitrogen and oxygen atoms in total. The Morgan fingerprint density at radius 1 is 1.25 bits per heavy atom. The lowest BCUT2D eigenvalue weighted by Gasteiger charge is -2.12. The standard InChI is InChI=1S/C16H13BrFNO/c1-2-9-20-16-6-4-3-5-12(16)11-19-15-10-13(18)7-8-14(15)17/h1,3-8,10,19H,9,11H2. The first kappa shape index (κ1) is 14.4. The van der Waals surface area contributed by atoms with Crippen LogP contribution in [0.1, 0.15) is 5.56 Å². The van der Waals surface area contributed by atoms with E-state index in [2.05, 4.69) is 27.2 Å². The summed E-state index contributed by atoms with van der Waals surface area (Å²) in [6.45, 7) is 0.740. The summed E-state index contributed by atoms with van der Waals surface area (Å²) in [5, 5.41) is 3.17. The smallest absolute Gasteiger partial charge is 0.148 e. The van der Waals surface area contributed by atoms with Crippen molar-refractivity contribution in [3.8, 4) is 18.1 Å². The fourth-order valence-electron chi connectivity index (χ4n) is 1.73. The lowest BCUT2D eigenvalue weighted by molar-refractivity contribution is 0.366. The van der Waals surface area contributed by atoms with E-state index >= 15 is 0 Å². The first-order chi connectivity index (χ1) is 9.70. The van der Waals surface area contributed by atoms with Crippen molar-refractivity contribution >= 4 is 21.6 Å². The molecule has 0 unspecified atom stereocenters. The number of nitrogens with one attached hydrogen (secondary N) is 1. The fraction of sp³-hybridized carbons (Fsp3) is 0.125. The molecule has 0 spiro atoms. The van der Waals surface area contributed by atoms with Crippen LogP contribution in [0.5, 0.6) is 5.75 Å². The molecule has 0 aliphatic carbocycles. The number of terminal acetylenes is 1. The van der Waals surface area contributed by atoms with E-state index in [-0.39, 0.29) is 12.4 Å². The number of halogens is 2. The molecule has 0 aliphatic rings. The average Bonchev–Trinajstić information content (AvgIpc) is 2.47. The van der Waals surface area contributed by atoms with Crippen LogP contribution in [-0.4, -0.2) is 6.61 Å². The molecule has 0 amide bonds. The molecule has 0 saturated heterocycles. The molecule has 0 aliphatic heterocycles. The molecule has 0 bridgehead atoms. The van der Waals surface area contributed by atoms with Crippen LogP contribution in [0.25, 0.3) is 0 Å². The predicted octanol–water partition coefficient (Wildman–Crippen LogP) is 4.21. The molecule has 0 radical (unpaired) electrons. The third-order valence-corrected chi connectivity index (χ3v) is 3.37. The highest BCUT2D eigenvalue weighted by atomic mass is 79.9. The van der Waals surface area contributed by atoms with Crippen molar-refractivity contribution in [2.45, 2.75) is 6.54 Å². The van der Waals surface area contributed by atoms with Crippen LogP contribution in [0.15, 0.2) is 46.9 Å². The second-order valence-corrected chi connectivity index (χ2v) is 4.93. The number of benzene rings is 2. The molecular formula is C16H13BrFNO. The van der Waals surface area contributed by atoms with Gasteiger partial charge in [0, 0.05) is 16.6 Å². The summed E-state index contributed by atoms with van der Waals surface area (Å²) >= 11 is 3.38. The maximum absolute atomic E-state index is 13.2. The number of hydrogen-bond donors (Lipinski definition) is 1. The normalized spacial score (nSPS) is 9.85. The average molecular weight is 334 g/mol. The third-order valence-electron chi connectivity index (χ3n) is 2.68. The minimum absolute atomic E-state index is 0.223. The monoisotopic (exact) mass is 333 g/mol. The second-order valence-electron chi connectivity index (χ2n) is 4.08. The Hall–Kier alpha value is -1.99. The zero-order chi connectivity index (χ0) is 14.4. The zero-order valence-corrected chi connectivity index (χ0v) is 12.3. The van der Waals surface area contributed by atoms with Gasteiger partial charge in [0.05, 0.1) is 5.69 Å². The molecule has 102 valence electrons. The van der Waals surface area contributed by atoms with Gasteiger partial charge in [-0.15, -0.1) is 6.42 Å². The summed E-state index contributed by atoms with van der Waals surface area (Å²) in [6.07, 6.45) is 5.19. The summed E-state index contributed by atoms with van der Waals surface area (Å²) in [5.74, 6) is 2.88. The van der Waals surface area contributed by atoms with Gasteiger partial charge in [0.2, 0.25) is 0 Å². The number of ether oxygens (including phenoxy) is 1. The Kier molecular flexibility index (Phi) is 5.03. The maximum atomic E-state index is 13.2. The molecule has 0 atom stereocenters. The number of para-hydroxylation sites is 1. The van der Waals surface area contributed by atoms with Crippen LogP contribution >= 0.6 is 15.9 Å². The van der Waals surface area contributed by atoms with E-state index in [4.69, 9.17) is 11.2 Å². The van der Waals surface area contributed by atoms with Crippen molar-refractivity contribution in [1.29, 1.82) is 0 Å². The van der Waals surface area contributed by atoms with Crippen LogP contribution in [0.3, 0.4) is 0 Å². The van der Waals surface area contributed by atoms with Gasteiger partial charge in [0.1, 0.15) is 18.2 Å². The van der Waals surface area contributed by atoms with Crippen molar-refractivity contribution in [1.82, 2.24) is 0 Å². The van der Waals surface area contributed by atoms with E-state index in [9.17, 15) is 4.39 Å². The molecule has 1 N–H and O–H groups in total. The van der Waals surface area contributed by atoms with Gasteiger partial charge in [0.15, 0.2) is 0 Å². The van der Waals surface area contributed by atoms with Gasteiger partial charge in [-0.1, -0.05) is 24.1 Å². The van der Waals surface area contributed by atoms with Crippen LogP contribution in [-0.2, 0) is 6.54 Å². The van der Waals surface area contributed by atoms with Crippen LogP contribution in [0.4, 0.5) is 10.1 Å². The maximum Gasteiger partial charge on any atom is 0.148 e. The molecule has 4 heteroatoms. The highest BCUT2D eigenvalue weighted by Crippen LogP contribution is 2.25. The fourth-order valence-corrected chi connectivity index (χ4v) is 2.12. The Bertz CT molecular complexity index is 637. The van der Waals surface area contributed by atoms with Gasteiger partial charge in [-0.25, -0.2) is 4.39 Å². The SMILES string of the molecule is C#CCOc1ccccc1CNc1cc(F)ccc1Br. The van der Waals surface area contributed by atoms with Crippen molar-refractivity contribution in [2.75, 3.05) is 11.9 Å². The highest BCUT2D eigenvalue weighted by molar-refractivity contribution is 9.10. The quantitative estimate of drug-likeness (QED) is 0.827. The van der Waals surface area contributed by atoms with E-state index in [1.54, 1.807) is 6.07 Å². The third kappa shape index (κ3) is 3.75. The second kappa shape index (κ2) is 6.97. The van der Waals surface area contributed by atoms with Crippen molar-refractivity contribution in [3.05, 3.63) is 58.3 Å². The van der Waals surface area contributed by atoms with Crippen molar-refractivity contribution in [2.24, 2.45) is 0 Å². The molecule has 0 fully saturated rings.